The lowest BCUT2D eigenvalue weighted by molar-refractivity contribution is 1.28. The smallest absolute Gasteiger partial charge is 0.0462 e. The van der Waals surface area contributed by atoms with E-state index in [1.165, 1.54) is 16.7 Å². The molecule has 0 atom stereocenters. The van der Waals surface area contributed by atoms with Gasteiger partial charge in [0.15, 0.2) is 0 Å². The van der Waals surface area contributed by atoms with Gasteiger partial charge in [0, 0.05) is 17.1 Å². The van der Waals surface area contributed by atoms with E-state index in [9.17, 15) is 0 Å². The minimum absolute atomic E-state index is 1.13. The summed E-state index contributed by atoms with van der Waals surface area (Å²) in [4.78, 5) is 2.27. The summed E-state index contributed by atoms with van der Waals surface area (Å²) in [7, 11) is 0. The first-order valence-corrected chi connectivity index (χ1v) is 11.9. The quantitative estimate of drug-likeness (QED) is 0.224. The molecule has 0 fully saturated rings. The number of para-hydroxylation sites is 2. The third kappa shape index (κ3) is 5.66. The van der Waals surface area contributed by atoms with Crippen molar-refractivity contribution < 1.29 is 0 Å². The number of benzene rings is 5. The van der Waals surface area contributed by atoms with Crippen LogP contribution < -0.4 is 4.90 Å². The molecular weight excluding hydrogens is 422 g/mol. The van der Waals surface area contributed by atoms with Gasteiger partial charge in [-0.05, 0) is 58.7 Å². The van der Waals surface area contributed by atoms with Gasteiger partial charge in [-0.15, -0.1) is 0 Å². The molecule has 5 aromatic rings. The zero-order valence-electron chi connectivity index (χ0n) is 19.5. The maximum absolute atomic E-state index is 2.27. The molecule has 0 aromatic heterocycles. The van der Waals surface area contributed by atoms with Gasteiger partial charge in [-0.25, -0.2) is 0 Å². The highest BCUT2D eigenvalue weighted by atomic mass is 15.1. The molecule has 0 saturated heterocycles. The Balaban J connectivity index is 1.39. The zero-order chi connectivity index (χ0) is 23.7. The van der Waals surface area contributed by atoms with Crippen LogP contribution in [0.2, 0.25) is 0 Å². The van der Waals surface area contributed by atoms with Crippen molar-refractivity contribution >= 4 is 41.4 Å². The summed E-state index contributed by atoms with van der Waals surface area (Å²) in [6.45, 7) is 0. The zero-order valence-corrected chi connectivity index (χ0v) is 19.5. The predicted molar refractivity (Wildman–Crippen MR) is 152 cm³/mol. The number of rotatable bonds is 7. The molecule has 1 heteroatoms. The fourth-order valence-corrected chi connectivity index (χ4v) is 4.09. The highest BCUT2D eigenvalue weighted by molar-refractivity contribution is 5.81. The van der Waals surface area contributed by atoms with Crippen LogP contribution in [-0.2, 0) is 0 Å². The Hall–Kier alpha value is -4.62. The number of hydrogen-bond donors (Lipinski definition) is 0. The first-order valence-electron chi connectivity index (χ1n) is 11.9. The first-order chi connectivity index (χ1) is 17.4. The molecule has 0 aliphatic carbocycles. The van der Waals surface area contributed by atoms with Crippen LogP contribution in [0, 0.1) is 0 Å². The van der Waals surface area contributed by atoms with E-state index in [1.807, 2.05) is 18.2 Å². The lowest BCUT2D eigenvalue weighted by Crippen LogP contribution is -2.09. The molecule has 168 valence electrons. The molecule has 0 unspecified atom stereocenters. The Bertz CT molecular complexity index is 1360. The van der Waals surface area contributed by atoms with Gasteiger partial charge in [-0.1, -0.05) is 127 Å². The second kappa shape index (κ2) is 11.0. The van der Waals surface area contributed by atoms with Crippen LogP contribution in [0.15, 0.2) is 140 Å². The van der Waals surface area contributed by atoms with Crippen molar-refractivity contribution in [3.63, 3.8) is 0 Å². The molecule has 5 aromatic carbocycles. The van der Waals surface area contributed by atoms with E-state index in [0.29, 0.717) is 0 Å². The van der Waals surface area contributed by atoms with Crippen molar-refractivity contribution in [3.05, 3.63) is 162 Å². The molecule has 0 spiro atoms. The van der Waals surface area contributed by atoms with Crippen molar-refractivity contribution in [2.75, 3.05) is 4.90 Å². The largest absolute Gasteiger partial charge is 0.311 e. The van der Waals surface area contributed by atoms with Crippen LogP contribution in [-0.4, -0.2) is 0 Å². The van der Waals surface area contributed by atoms with Crippen molar-refractivity contribution in [3.8, 4) is 0 Å². The molecule has 0 amide bonds. The van der Waals surface area contributed by atoms with Crippen LogP contribution in [0.4, 0.5) is 17.1 Å². The molecule has 5 rings (SSSR count). The van der Waals surface area contributed by atoms with Gasteiger partial charge < -0.3 is 4.90 Å². The number of hydrogen-bond acceptors (Lipinski definition) is 1. The summed E-state index contributed by atoms with van der Waals surface area (Å²) in [6, 6.07) is 48.5. The average molecular weight is 450 g/mol. The summed E-state index contributed by atoms with van der Waals surface area (Å²) < 4.78 is 0. The highest BCUT2D eigenvalue weighted by Crippen LogP contribution is 2.34. The van der Waals surface area contributed by atoms with Crippen LogP contribution in [0.3, 0.4) is 0 Å². The van der Waals surface area contributed by atoms with E-state index in [2.05, 4.69) is 151 Å². The van der Waals surface area contributed by atoms with E-state index < -0.39 is 0 Å². The Morgan fingerprint density at radius 3 is 1.17 bits per heavy atom. The van der Waals surface area contributed by atoms with E-state index in [-0.39, 0.29) is 0 Å². The molecule has 0 heterocycles. The van der Waals surface area contributed by atoms with Crippen molar-refractivity contribution in [1.82, 2.24) is 0 Å². The minimum atomic E-state index is 1.13. The van der Waals surface area contributed by atoms with E-state index in [0.717, 1.165) is 22.6 Å². The Kier molecular flexibility index (Phi) is 6.97. The first kappa shape index (κ1) is 22.2. The number of anilines is 3. The molecular formula is C34H27N. The van der Waals surface area contributed by atoms with Gasteiger partial charge in [-0.3, -0.25) is 0 Å². The summed E-state index contributed by atoms with van der Waals surface area (Å²) in [5.74, 6) is 0. The van der Waals surface area contributed by atoms with Crippen LogP contribution in [0.25, 0.3) is 24.3 Å². The third-order valence-electron chi connectivity index (χ3n) is 5.89. The molecule has 0 aliphatic heterocycles. The monoisotopic (exact) mass is 449 g/mol. The standard InChI is InChI=1S/C34H27N/c1-4-12-28(13-5-1)20-24-30-14-10-11-15-31(30)25-21-29-22-26-34(27-23-29)35(32-16-6-2-7-17-32)33-18-8-3-9-19-33/h1-27H/b24-20-,25-21?. The van der Waals surface area contributed by atoms with E-state index >= 15 is 0 Å². The normalized spacial score (nSPS) is 11.2. The Morgan fingerprint density at radius 2 is 0.686 bits per heavy atom. The van der Waals surface area contributed by atoms with Crippen LogP contribution in [0.1, 0.15) is 22.3 Å². The Labute approximate surface area is 208 Å². The highest BCUT2D eigenvalue weighted by Gasteiger charge is 2.11. The molecule has 1 nitrogen and oxygen atoms in total. The molecule has 35 heavy (non-hydrogen) atoms. The van der Waals surface area contributed by atoms with Gasteiger partial charge in [0.1, 0.15) is 0 Å². The Morgan fingerprint density at radius 1 is 0.314 bits per heavy atom. The van der Waals surface area contributed by atoms with Crippen LogP contribution in [0.5, 0.6) is 0 Å². The second-order valence-corrected chi connectivity index (χ2v) is 8.30. The number of nitrogens with zero attached hydrogens (tertiary/aromatic N) is 1. The predicted octanol–water partition coefficient (Wildman–Crippen LogP) is 9.50. The fraction of sp³-hybridized carbons (Fsp3) is 0. The molecule has 0 bridgehead atoms. The van der Waals surface area contributed by atoms with Gasteiger partial charge >= 0.3 is 0 Å². The average Bonchev–Trinajstić information content (AvgIpc) is 2.94. The summed E-state index contributed by atoms with van der Waals surface area (Å²) in [5.41, 5.74) is 8.16. The lowest BCUT2D eigenvalue weighted by Gasteiger charge is -2.25. The third-order valence-corrected chi connectivity index (χ3v) is 5.89. The van der Waals surface area contributed by atoms with Gasteiger partial charge in [-0.2, -0.15) is 0 Å². The fourth-order valence-electron chi connectivity index (χ4n) is 4.09. The summed E-state index contributed by atoms with van der Waals surface area (Å²) >= 11 is 0. The van der Waals surface area contributed by atoms with Crippen molar-refractivity contribution in [1.29, 1.82) is 0 Å². The van der Waals surface area contributed by atoms with Gasteiger partial charge in [0.2, 0.25) is 0 Å². The molecule has 0 saturated carbocycles. The summed E-state index contributed by atoms with van der Waals surface area (Å²) in [6.07, 6.45) is 8.69. The lowest BCUT2D eigenvalue weighted by atomic mass is 10.0. The van der Waals surface area contributed by atoms with Gasteiger partial charge in [0.05, 0.1) is 0 Å². The maximum Gasteiger partial charge on any atom is 0.0462 e. The molecule has 0 N–H and O–H groups in total. The van der Waals surface area contributed by atoms with Crippen LogP contribution >= 0.6 is 0 Å². The molecule has 0 radical (unpaired) electrons. The topological polar surface area (TPSA) is 3.24 Å². The summed E-state index contributed by atoms with van der Waals surface area (Å²) in [5, 5.41) is 0. The van der Waals surface area contributed by atoms with Crippen molar-refractivity contribution in [2.24, 2.45) is 0 Å². The minimum Gasteiger partial charge on any atom is -0.311 e. The van der Waals surface area contributed by atoms with E-state index in [1.54, 1.807) is 0 Å². The SMILES string of the molecule is C(=Cc1ccccc1/C=C\c1ccccc1)c1ccc(N(c2ccccc2)c2ccccc2)cc1. The van der Waals surface area contributed by atoms with Gasteiger partial charge in [0.25, 0.3) is 0 Å². The molecule has 0 aliphatic rings. The maximum atomic E-state index is 2.27. The van der Waals surface area contributed by atoms with E-state index in [4.69, 9.17) is 0 Å². The van der Waals surface area contributed by atoms with Crippen molar-refractivity contribution in [2.45, 2.75) is 0 Å². The second-order valence-electron chi connectivity index (χ2n) is 8.30.